The normalized spacial score (nSPS) is 14.2. The first-order chi connectivity index (χ1) is 5.87. The van der Waals surface area contributed by atoms with Crippen LogP contribution in [0.3, 0.4) is 0 Å². The van der Waals surface area contributed by atoms with Gasteiger partial charge in [-0.25, -0.2) is 0 Å². The van der Waals surface area contributed by atoms with E-state index < -0.39 is 0 Å². The summed E-state index contributed by atoms with van der Waals surface area (Å²) < 4.78 is 0.883. The summed E-state index contributed by atoms with van der Waals surface area (Å²) in [5.74, 6) is 0.612. The Morgan fingerprint density at radius 2 is 1.85 bits per heavy atom. The third kappa shape index (κ3) is 6.76. The van der Waals surface area contributed by atoms with Gasteiger partial charge in [0.1, 0.15) is 5.78 Å². The van der Waals surface area contributed by atoms with E-state index in [1.165, 1.54) is 12.8 Å². The van der Waals surface area contributed by atoms with Crippen LogP contribution in [0.15, 0.2) is 0 Å². The van der Waals surface area contributed by atoms with Gasteiger partial charge in [0.05, 0.1) is 33.6 Å². The number of hydrogen-bond donors (Lipinski definition) is 0. The lowest BCUT2D eigenvalue weighted by Crippen LogP contribution is -2.41. The molecule has 0 heterocycles. The minimum Gasteiger partial charge on any atom is -0.330 e. The Hall–Kier alpha value is -0.370. The lowest BCUT2D eigenvalue weighted by Gasteiger charge is -2.28. The summed E-state index contributed by atoms with van der Waals surface area (Å²) in [7, 11) is 6.42. The first-order valence-corrected chi connectivity index (χ1v) is 5.17. The fourth-order valence-electron chi connectivity index (χ4n) is 1.53. The number of carbonyl (C=O) groups is 1. The summed E-state index contributed by atoms with van der Waals surface area (Å²) in [6, 6.07) is 0. The first kappa shape index (κ1) is 12.6. The first-order valence-electron chi connectivity index (χ1n) is 5.17. The SMILES string of the molecule is CCCCC(C[N+](C)(C)C)C(C)=O. The minimum absolute atomic E-state index is 0.264. The Morgan fingerprint density at radius 3 is 2.15 bits per heavy atom. The van der Waals surface area contributed by atoms with Crippen LogP contribution in [0.1, 0.15) is 33.1 Å². The van der Waals surface area contributed by atoms with Gasteiger partial charge < -0.3 is 4.48 Å². The largest absolute Gasteiger partial charge is 0.330 e. The summed E-state index contributed by atoms with van der Waals surface area (Å²) in [5, 5.41) is 0. The molecule has 0 aromatic rings. The smallest absolute Gasteiger partial charge is 0.138 e. The van der Waals surface area contributed by atoms with Crippen molar-refractivity contribution >= 4 is 5.78 Å². The van der Waals surface area contributed by atoms with Crippen molar-refractivity contribution in [2.75, 3.05) is 27.7 Å². The van der Waals surface area contributed by atoms with E-state index in [-0.39, 0.29) is 5.92 Å². The second-order valence-corrected chi connectivity index (χ2v) is 4.92. The summed E-state index contributed by atoms with van der Waals surface area (Å²) in [4.78, 5) is 11.3. The summed E-state index contributed by atoms with van der Waals surface area (Å²) in [5.41, 5.74) is 0. The Morgan fingerprint density at radius 1 is 1.31 bits per heavy atom. The molecule has 0 aromatic heterocycles. The van der Waals surface area contributed by atoms with Gasteiger partial charge in [0.15, 0.2) is 0 Å². The Kier molecular flexibility index (Phi) is 5.23. The monoisotopic (exact) mass is 186 g/mol. The molecule has 13 heavy (non-hydrogen) atoms. The topological polar surface area (TPSA) is 17.1 Å². The molecule has 0 aromatic carbocycles. The molecule has 0 saturated heterocycles. The highest BCUT2D eigenvalue weighted by molar-refractivity contribution is 5.78. The molecule has 78 valence electrons. The fraction of sp³-hybridized carbons (Fsp3) is 0.909. The molecule has 0 bridgehead atoms. The number of unbranched alkanes of at least 4 members (excludes halogenated alkanes) is 1. The summed E-state index contributed by atoms with van der Waals surface area (Å²) >= 11 is 0. The van der Waals surface area contributed by atoms with Gasteiger partial charge in [0.2, 0.25) is 0 Å². The predicted octanol–water partition coefficient (Wildman–Crippen LogP) is 2.09. The molecule has 1 unspecified atom stereocenters. The maximum absolute atomic E-state index is 11.3. The van der Waals surface area contributed by atoms with Gasteiger partial charge in [-0.3, -0.25) is 4.79 Å². The Bertz CT molecular complexity index is 158. The molecule has 0 amide bonds. The molecule has 1 atom stereocenters. The third-order valence-corrected chi connectivity index (χ3v) is 2.25. The van der Waals surface area contributed by atoms with Gasteiger partial charge in [0.25, 0.3) is 0 Å². The van der Waals surface area contributed by atoms with Gasteiger partial charge in [-0.2, -0.15) is 0 Å². The average Bonchev–Trinajstić information content (AvgIpc) is 1.95. The highest BCUT2D eigenvalue weighted by Gasteiger charge is 2.21. The Balaban J connectivity index is 4.03. The number of nitrogens with zero attached hydrogens (tertiary/aromatic N) is 1. The van der Waals surface area contributed by atoms with E-state index in [1.54, 1.807) is 6.92 Å². The molecule has 0 saturated carbocycles. The fourth-order valence-corrected chi connectivity index (χ4v) is 1.53. The van der Waals surface area contributed by atoms with Gasteiger partial charge in [-0.1, -0.05) is 19.8 Å². The molecule has 0 rings (SSSR count). The Labute approximate surface area is 82.5 Å². The third-order valence-electron chi connectivity index (χ3n) is 2.25. The summed E-state index contributed by atoms with van der Waals surface area (Å²) in [6.07, 6.45) is 3.41. The maximum atomic E-state index is 11.3. The zero-order valence-corrected chi connectivity index (χ0v) is 9.76. The minimum atomic E-state index is 0.264. The van der Waals surface area contributed by atoms with Crippen molar-refractivity contribution in [2.45, 2.75) is 33.1 Å². The second-order valence-electron chi connectivity index (χ2n) is 4.92. The van der Waals surface area contributed by atoms with Crippen LogP contribution in [-0.2, 0) is 4.79 Å². The molecule has 0 aliphatic carbocycles. The van der Waals surface area contributed by atoms with E-state index in [9.17, 15) is 4.79 Å². The van der Waals surface area contributed by atoms with E-state index in [0.717, 1.165) is 17.4 Å². The highest BCUT2D eigenvalue weighted by Crippen LogP contribution is 2.12. The van der Waals surface area contributed by atoms with Gasteiger partial charge in [0, 0.05) is 0 Å². The van der Waals surface area contributed by atoms with Gasteiger partial charge in [-0.15, -0.1) is 0 Å². The van der Waals surface area contributed by atoms with Crippen molar-refractivity contribution < 1.29 is 9.28 Å². The van der Waals surface area contributed by atoms with E-state index >= 15 is 0 Å². The standard InChI is InChI=1S/C11H24NO/c1-6-7-8-11(10(2)13)9-12(3,4)5/h11H,6-9H2,1-5H3/q+1. The number of carbonyl (C=O) groups excluding carboxylic acids is 1. The zero-order chi connectivity index (χ0) is 10.5. The number of hydrogen-bond acceptors (Lipinski definition) is 1. The second kappa shape index (κ2) is 5.38. The van der Waals surface area contributed by atoms with Crippen molar-refractivity contribution in [2.24, 2.45) is 5.92 Å². The molecular formula is C11H24NO+. The molecule has 0 aliphatic rings. The molecule has 0 radical (unpaired) electrons. The molecule has 0 spiro atoms. The van der Waals surface area contributed by atoms with Crippen LogP contribution in [-0.4, -0.2) is 38.0 Å². The van der Waals surface area contributed by atoms with Crippen molar-refractivity contribution in [3.05, 3.63) is 0 Å². The maximum Gasteiger partial charge on any atom is 0.138 e. The van der Waals surface area contributed by atoms with E-state index in [0.29, 0.717) is 5.78 Å². The molecule has 0 aliphatic heterocycles. The van der Waals surface area contributed by atoms with Crippen LogP contribution in [0.4, 0.5) is 0 Å². The van der Waals surface area contributed by atoms with Crippen LogP contribution in [0.5, 0.6) is 0 Å². The molecule has 2 nitrogen and oxygen atoms in total. The van der Waals surface area contributed by atoms with Crippen molar-refractivity contribution in [1.29, 1.82) is 0 Å². The van der Waals surface area contributed by atoms with E-state index in [4.69, 9.17) is 0 Å². The van der Waals surface area contributed by atoms with Crippen molar-refractivity contribution in [1.82, 2.24) is 0 Å². The lowest BCUT2D eigenvalue weighted by atomic mass is 9.97. The molecule has 0 N–H and O–H groups in total. The van der Waals surface area contributed by atoms with Crippen LogP contribution >= 0.6 is 0 Å². The number of quaternary nitrogens is 1. The van der Waals surface area contributed by atoms with E-state index in [1.807, 2.05) is 0 Å². The lowest BCUT2D eigenvalue weighted by molar-refractivity contribution is -0.872. The number of rotatable bonds is 6. The van der Waals surface area contributed by atoms with Crippen molar-refractivity contribution in [3.8, 4) is 0 Å². The average molecular weight is 186 g/mol. The van der Waals surface area contributed by atoms with Crippen LogP contribution in [0.25, 0.3) is 0 Å². The molecular weight excluding hydrogens is 162 g/mol. The number of ketones is 1. The van der Waals surface area contributed by atoms with Crippen LogP contribution in [0.2, 0.25) is 0 Å². The van der Waals surface area contributed by atoms with Gasteiger partial charge in [-0.05, 0) is 13.3 Å². The van der Waals surface area contributed by atoms with Crippen LogP contribution < -0.4 is 0 Å². The van der Waals surface area contributed by atoms with Gasteiger partial charge >= 0.3 is 0 Å². The van der Waals surface area contributed by atoms with E-state index in [2.05, 4.69) is 28.1 Å². The zero-order valence-electron chi connectivity index (χ0n) is 9.76. The predicted molar refractivity (Wildman–Crippen MR) is 56.6 cm³/mol. The molecule has 0 fully saturated rings. The quantitative estimate of drug-likeness (QED) is 0.580. The van der Waals surface area contributed by atoms with Crippen molar-refractivity contribution in [3.63, 3.8) is 0 Å². The molecule has 2 heteroatoms. The van der Waals surface area contributed by atoms with Crippen LogP contribution in [0, 0.1) is 5.92 Å². The summed E-state index contributed by atoms with van der Waals surface area (Å²) in [6.45, 7) is 4.86. The number of Topliss-reactive ketones (excluding diaryl/α,β-unsaturated/α-hetero) is 1. The highest BCUT2D eigenvalue weighted by atomic mass is 16.1.